The maximum Gasteiger partial charge on any atom is 0.291 e. The summed E-state index contributed by atoms with van der Waals surface area (Å²) >= 11 is 6.00. The molecular weight excluding hydrogens is 604 g/mol. The number of halogens is 1. The fraction of sp³-hybridized carbons (Fsp3) is 0.487. The van der Waals surface area contributed by atoms with Crippen LogP contribution in [0.3, 0.4) is 0 Å². The molecule has 1 fully saturated rings. The molecule has 0 saturated heterocycles. The van der Waals surface area contributed by atoms with E-state index in [1.54, 1.807) is 19.4 Å². The fourth-order valence-electron chi connectivity index (χ4n) is 5.12. The molecule has 1 aliphatic carbocycles. The summed E-state index contributed by atoms with van der Waals surface area (Å²) in [6, 6.07) is 14.1. The van der Waals surface area contributed by atoms with Crippen molar-refractivity contribution < 1.29 is 4.74 Å². The lowest BCUT2D eigenvalue weighted by molar-refractivity contribution is 0.371. The minimum Gasteiger partial charge on any atom is -0.397 e. The number of hydrogen-bond donors (Lipinski definition) is 2. The molecule has 0 amide bonds. The molecule has 0 radical (unpaired) electrons. The molecule has 8 heteroatoms. The number of aromatic nitrogens is 2. The highest BCUT2D eigenvalue weighted by molar-refractivity contribution is 6.30. The number of rotatable bonds is 11. The third kappa shape index (κ3) is 14.6. The van der Waals surface area contributed by atoms with Crippen LogP contribution in [0.4, 0.5) is 5.82 Å². The summed E-state index contributed by atoms with van der Waals surface area (Å²) in [4.78, 5) is 13.6. The maximum absolute atomic E-state index is 8.26. The van der Waals surface area contributed by atoms with Gasteiger partial charge in [-0.05, 0) is 86.4 Å². The number of benzene rings is 2. The molecule has 4 rings (SSSR count). The molecule has 3 N–H and O–H groups in total. The van der Waals surface area contributed by atoms with Crippen molar-refractivity contribution in [2.75, 3.05) is 11.9 Å². The van der Waals surface area contributed by atoms with Gasteiger partial charge in [0.15, 0.2) is 5.82 Å². The lowest BCUT2D eigenvalue weighted by Crippen LogP contribution is -2.05. The highest BCUT2D eigenvalue weighted by atomic mass is 35.5. The van der Waals surface area contributed by atoms with Gasteiger partial charge in [-0.25, -0.2) is 9.97 Å². The van der Waals surface area contributed by atoms with Gasteiger partial charge in [-0.2, -0.15) is 0 Å². The van der Waals surface area contributed by atoms with Gasteiger partial charge in [-0.1, -0.05) is 98.4 Å². The minimum atomic E-state index is 0.289. The van der Waals surface area contributed by atoms with Crippen LogP contribution in [0.25, 0.3) is 22.3 Å². The Bertz CT molecular complexity index is 1460. The second kappa shape index (κ2) is 23.4. The van der Waals surface area contributed by atoms with Gasteiger partial charge in [-0.3, -0.25) is 4.99 Å². The topological polar surface area (TPSA) is 109 Å². The van der Waals surface area contributed by atoms with Crippen LogP contribution in [-0.4, -0.2) is 22.7 Å². The predicted octanol–water partition coefficient (Wildman–Crippen LogP) is 11.3. The first-order valence-electron chi connectivity index (χ1n) is 17.2. The fourth-order valence-corrected chi connectivity index (χ4v) is 5.25. The quantitative estimate of drug-likeness (QED) is 0.0916. The number of nitrogens with one attached hydrogen (secondary N) is 1. The van der Waals surface area contributed by atoms with Crippen LogP contribution >= 0.6 is 11.6 Å². The van der Waals surface area contributed by atoms with E-state index in [0.717, 1.165) is 72.2 Å². The molecule has 7 nitrogen and oxygen atoms in total. The third-order valence-electron chi connectivity index (χ3n) is 7.56. The number of ether oxygens (including phenoxy) is 1. The van der Waals surface area contributed by atoms with E-state index in [2.05, 4.69) is 67.5 Å². The van der Waals surface area contributed by atoms with Crippen molar-refractivity contribution in [2.45, 2.75) is 107 Å². The largest absolute Gasteiger partial charge is 0.397 e. The lowest BCUT2D eigenvalue weighted by Gasteiger charge is -2.11. The first-order valence-corrected chi connectivity index (χ1v) is 17.6. The Kier molecular flexibility index (Phi) is 20.5. The summed E-state index contributed by atoms with van der Waals surface area (Å²) in [5, 5.41) is 13.5. The third-order valence-corrected chi connectivity index (χ3v) is 7.82. The predicted molar refractivity (Wildman–Crippen MR) is 202 cm³/mol. The molecule has 0 spiro atoms. The Labute approximate surface area is 289 Å². The highest BCUT2D eigenvalue weighted by Crippen LogP contribution is 2.32. The Balaban J connectivity index is 0.000000402. The Morgan fingerprint density at radius 2 is 1.81 bits per heavy atom. The number of anilines is 1. The van der Waals surface area contributed by atoms with Crippen LogP contribution in [0.1, 0.15) is 106 Å². The number of hydrogen-bond acceptors (Lipinski definition) is 7. The van der Waals surface area contributed by atoms with Gasteiger partial charge in [0, 0.05) is 28.7 Å². The van der Waals surface area contributed by atoms with Crippen LogP contribution in [0.5, 0.6) is 0 Å². The highest BCUT2D eigenvalue weighted by Gasteiger charge is 2.18. The Morgan fingerprint density at radius 1 is 1.11 bits per heavy atom. The minimum absolute atomic E-state index is 0.289. The Hall–Kier alpha value is -3.89. The van der Waals surface area contributed by atoms with Gasteiger partial charge in [0.05, 0.1) is 11.2 Å². The number of aliphatic imine (C=N–C) groups is 1. The zero-order valence-corrected chi connectivity index (χ0v) is 30.8. The van der Waals surface area contributed by atoms with Gasteiger partial charge < -0.3 is 15.8 Å². The number of nitrogens with two attached hydrogens (primary N) is 1. The van der Waals surface area contributed by atoms with E-state index < -0.39 is 0 Å². The van der Waals surface area contributed by atoms with E-state index in [0.29, 0.717) is 16.5 Å². The molecule has 2 atom stereocenters. The summed E-state index contributed by atoms with van der Waals surface area (Å²) in [5.41, 5.74) is 9.43. The molecule has 1 aromatic heterocycles. The van der Waals surface area contributed by atoms with Crippen LogP contribution in [-0.2, 0) is 11.2 Å². The van der Waals surface area contributed by atoms with Gasteiger partial charge in [-0.15, -0.1) is 5.26 Å². The van der Waals surface area contributed by atoms with E-state index in [9.17, 15) is 0 Å². The first kappa shape index (κ1) is 41.1. The maximum atomic E-state index is 8.26. The van der Waals surface area contributed by atoms with Crippen molar-refractivity contribution in [3.63, 3.8) is 0 Å². The molecule has 256 valence electrons. The summed E-state index contributed by atoms with van der Waals surface area (Å²) < 4.78 is 4.59. The van der Waals surface area contributed by atoms with Crippen LogP contribution in [0, 0.1) is 23.4 Å². The second-order valence-electron chi connectivity index (χ2n) is 11.5. The van der Waals surface area contributed by atoms with Crippen molar-refractivity contribution in [3.05, 3.63) is 76.8 Å². The summed E-state index contributed by atoms with van der Waals surface area (Å²) in [6.07, 6.45) is 13.1. The lowest BCUT2D eigenvalue weighted by atomic mass is 10.0. The smallest absolute Gasteiger partial charge is 0.291 e. The van der Waals surface area contributed by atoms with Crippen molar-refractivity contribution in [1.82, 2.24) is 9.97 Å². The molecule has 2 unspecified atom stereocenters. The van der Waals surface area contributed by atoms with E-state index in [-0.39, 0.29) is 5.70 Å². The van der Waals surface area contributed by atoms with Crippen molar-refractivity contribution >= 4 is 34.5 Å². The number of aryl methyl sites for hydroxylation is 1. The van der Waals surface area contributed by atoms with E-state index in [4.69, 9.17) is 32.6 Å². The zero-order chi connectivity index (χ0) is 35.2. The van der Waals surface area contributed by atoms with Crippen LogP contribution in [0.15, 0.2) is 71.2 Å². The summed E-state index contributed by atoms with van der Waals surface area (Å²) in [6.45, 7) is 21.0. The van der Waals surface area contributed by atoms with E-state index in [1.807, 2.05) is 45.0 Å². The molecule has 1 saturated carbocycles. The summed E-state index contributed by atoms with van der Waals surface area (Å²) in [5.74, 6) is 4.09. The van der Waals surface area contributed by atoms with Gasteiger partial charge in [0.25, 0.3) is 6.26 Å². The van der Waals surface area contributed by atoms with Crippen LogP contribution in [0.2, 0.25) is 5.02 Å². The molecule has 0 bridgehead atoms. The van der Waals surface area contributed by atoms with Crippen molar-refractivity contribution in [2.24, 2.45) is 22.6 Å². The van der Waals surface area contributed by atoms with Crippen molar-refractivity contribution in [1.29, 1.82) is 5.26 Å². The number of fused-ring (bicyclic) bond motifs is 1. The molecule has 0 aliphatic heterocycles. The SMILES string of the molecule is C=C(N)/C(N=CCC)=C(/C)OC#N.CC.CCC1CCC(C)C1.CCCNc1nc(-c2ccc(Cl)cc2)nc2cc(CCC)ccc12. The van der Waals surface area contributed by atoms with Crippen molar-refractivity contribution in [3.8, 4) is 17.6 Å². The molecule has 1 heterocycles. The van der Waals surface area contributed by atoms with E-state index >= 15 is 0 Å². The molecule has 47 heavy (non-hydrogen) atoms. The van der Waals surface area contributed by atoms with Crippen LogP contribution < -0.4 is 11.1 Å². The number of allylic oxidation sites excluding steroid dienone is 1. The normalized spacial score (nSPS) is 15.6. The monoisotopic (exact) mass is 660 g/mol. The molecular formula is C39H57ClN6O. The average molecular weight is 661 g/mol. The number of nitrogens with zero attached hydrogens (tertiary/aromatic N) is 4. The van der Waals surface area contributed by atoms with E-state index in [1.165, 1.54) is 31.2 Å². The molecule has 1 aliphatic rings. The Morgan fingerprint density at radius 3 is 2.32 bits per heavy atom. The summed E-state index contributed by atoms with van der Waals surface area (Å²) in [7, 11) is 0. The van der Waals surface area contributed by atoms with Gasteiger partial charge >= 0.3 is 0 Å². The number of nitriles is 1. The van der Waals surface area contributed by atoms with Gasteiger partial charge in [0.1, 0.15) is 17.3 Å². The first-order chi connectivity index (χ1) is 22.7. The molecule has 3 aromatic rings. The second-order valence-corrected chi connectivity index (χ2v) is 11.9. The van der Waals surface area contributed by atoms with Gasteiger partial charge in [0.2, 0.25) is 0 Å². The zero-order valence-electron chi connectivity index (χ0n) is 30.0. The standard InChI is InChI=1S/C20H22ClN3.C9H13N3O.C8H16.C2H6/c1-3-5-14-6-11-17-18(13-14)23-19(24-20(17)22-12-4-2)15-7-9-16(21)10-8-15;1-4-5-12-9(7(2)11)8(3)13-6-10;1-3-8-5-4-7(2)6-8;1-2/h6-11,13H,3-5,12H2,1-2H3,(H,22,23,24);5H,2,4,11H2,1,3H3;7-8H,3-6H2,1-2H3;1-2H3/b;9-8+,12-5?;;. The molecule has 2 aromatic carbocycles. The average Bonchev–Trinajstić information content (AvgIpc) is 3.51.